The van der Waals surface area contributed by atoms with Gasteiger partial charge in [0.1, 0.15) is 6.23 Å². The summed E-state index contributed by atoms with van der Waals surface area (Å²) in [5.41, 5.74) is 1.64. The minimum atomic E-state index is -3.25. The van der Waals surface area contributed by atoms with Crippen molar-refractivity contribution in [3.8, 4) is 11.1 Å². The van der Waals surface area contributed by atoms with E-state index in [1.54, 1.807) is 6.20 Å². The van der Waals surface area contributed by atoms with Gasteiger partial charge in [-0.25, -0.2) is 12.7 Å². The molecule has 2 aromatic rings. The number of hydrogen-bond acceptors (Lipinski definition) is 6. The summed E-state index contributed by atoms with van der Waals surface area (Å²) >= 11 is 0. The van der Waals surface area contributed by atoms with Gasteiger partial charge in [0.25, 0.3) is 0 Å². The Hall–Kier alpha value is -1.90. The third-order valence-electron chi connectivity index (χ3n) is 3.24. The van der Waals surface area contributed by atoms with E-state index in [0.29, 0.717) is 5.88 Å². The number of aliphatic hydroxyl groups excluding tert-OH is 1. The van der Waals surface area contributed by atoms with Gasteiger partial charge in [0.05, 0.1) is 18.0 Å². The summed E-state index contributed by atoms with van der Waals surface area (Å²) in [5, 5.41) is 16.5. The van der Waals surface area contributed by atoms with Crippen LogP contribution in [0.3, 0.4) is 0 Å². The van der Waals surface area contributed by atoms with Crippen molar-refractivity contribution in [2.45, 2.75) is 12.6 Å². The zero-order valence-corrected chi connectivity index (χ0v) is 13.2. The molecule has 0 amide bonds. The van der Waals surface area contributed by atoms with Gasteiger partial charge in [0, 0.05) is 20.0 Å². The molecular formula is C14H19N3O4S. The summed E-state index contributed by atoms with van der Waals surface area (Å²) in [7, 11) is -1.79. The molecule has 0 aliphatic heterocycles. The summed E-state index contributed by atoms with van der Waals surface area (Å²) in [6.45, 7) is 0.196. The Morgan fingerprint density at radius 2 is 2.05 bits per heavy atom. The van der Waals surface area contributed by atoms with E-state index in [2.05, 4.69) is 10.5 Å². The summed E-state index contributed by atoms with van der Waals surface area (Å²) < 4.78 is 28.9. The Labute approximate surface area is 129 Å². The van der Waals surface area contributed by atoms with Crippen molar-refractivity contribution in [3.63, 3.8) is 0 Å². The van der Waals surface area contributed by atoms with Crippen LogP contribution >= 0.6 is 0 Å². The van der Waals surface area contributed by atoms with Crippen molar-refractivity contribution in [1.82, 2.24) is 9.46 Å². The average molecular weight is 325 g/mol. The van der Waals surface area contributed by atoms with Crippen molar-refractivity contribution in [2.24, 2.45) is 0 Å². The van der Waals surface area contributed by atoms with Crippen molar-refractivity contribution >= 4 is 15.9 Å². The van der Waals surface area contributed by atoms with Crippen LogP contribution < -0.4 is 5.32 Å². The number of anilines is 1. The van der Waals surface area contributed by atoms with Crippen molar-refractivity contribution in [3.05, 3.63) is 36.5 Å². The second-order valence-electron chi connectivity index (χ2n) is 4.97. The number of sulfonamides is 1. The fourth-order valence-corrected chi connectivity index (χ4v) is 2.30. The molecule has 0 radical (unpaired) electrons. The molecule has 0 saturated heterocycles. The van der Waals surface area contributed by atoms with E-state index in [-0.39, 0.29) is 13.0 Å². The van der Waals surface area contributed by atoms with E-state index in [0.717, 1.165) is 17.4 Å². The molecule has 1 aromatic heterocycles. The zero-order chi connectivity index (χ0) is 16.2. The maximum atomic E-state index is 11.3. The Morgan fingerprint density at radius 1 is 1.36 bits per heavy atom. The molecular weight excluding hydrogens is 306 g/mol. The molecule has 0 saturated carbocycles. The molecule has 8 heteroatoms. The van der Waals surface area contributed by atoms with Crippen LogP contribution in [0.25, 0.3) is 11.1 Å². The molecule has 1 aromatic carbocycles. The second kappa shape index (κ2) is 6.91. The molecule has 0 aliphatic rings. The standard InChI is InChI=1S/C14H19N3O4S/c1-17(22(2,19)20)9-8-13(18)16-14-12(10-15-21-14)11-6-4-3-5-7-11/h3-7,10,13,16,18H,8-9H2,1-2H3. The van der Waals surface area contributed by atoms with Crippen LogP contribution in [0, 0.1) is 0 Å². The van der Waals surface area contributed by atoms with Crippen LogP contribution in [-0.2, 0) is 10.0 Å². The predicted molar refractivity (Wildman–Crippen MR) is 83.7 cm³/mol. The monoisotopic (exact) mass is 325 g/mol. The molecule has 1 heterocycles. The molecule has 7 nitrogen and oxygen atoms in total. The lowest BCUT2D eigenvalue weighted by Gasteiger charge is -2.17. The molecule has 2 N–H and O–H groups in total. The van der Waals surface area contributed by atoms with Crippen LogP contribution in [0.4, 0.5) is 5.88 Å². The van der Waals surface area contributed by atoms with Gasteiger partial charge in [-0.1, -0.05) is 35.5 Å². The van der Waals surface area contributed by atoms with Gasteiger partial charge in [0.15, 0.2) is 0 Å². The zero-order valence-electron chi connectivity index (χ0n) is 12.4. The lowest BCUT2D eigenvalue weighted by atomic mass is 10.1. The number of nitrogens with one attached hydrogen (secondary N) is 1. The number of hydrogen-bond donors (Lipinski definition) is 2. The van der Waals surface area contributed by atoms with Crippen molar-refractivity contribution in [2.75, 3.05) is 25.2 Å². The van der Waals surface area contributed by atoms with Crippen LogP contribution in [-0.4, -0.2) is 49.1 Å². The third kappa shape index (κ3) is 4.30. The maximum Gasteiger partial charge on any atom is 0.234 e. The predicted octanol–water partition coefficient (Wildman–Crippen LogP) is 1.35. The van der Waals surface area contributed by atoms with Crippen LogP contribution in [0.2, 0.25) is 0 Å². The maximum absolute atomic E-state index is 11.3. The number of benzene rings is 1. The largest absolute Gasteiger partial charge is 0.374 e. The van der Waals surface area contributed by atoms with E-state index in [1.807, 2.05) is 30.3 Å². The van der Waals surface area contributed by atoms with E-state index in [1.165, 1.54) is 11.4 Å². The number of nitrogens with zero attached hydrogens (tertiary/aromatic N) is 2. The lowest BCUT2D eigenvalue weighted by Crippen LogP contribution is -2.31. The molecule has 0 bridgehead atoms. The van der Waals surface area contributed by atoms with E-state index in [4.69, 9.17) is 4.52 Å². The number of aromatic nitrogens is 1. The van der Waals surface area contributed by atoms with Gasteiger partial charge >= 0.3 is 0 Å². The summed E-state index contributed by atoms with van der Waals surface area (Å²) in [6, 6.07) is 9.50. The third-order valence-corrected chi connectivity index (χ3v) is 4.55. The smallest absolute Gasteiger partial charge is 0.234 e. The molecule has 1 unspecified atom stereocenters. The average Bonchev–Trinajstić information content (AvgIpc) is 2.92. The SMILES string of the molecule is CN(CCC(O)Nc1oncc1-c1ccccc1)S(C)(=O)=O. The Balaban J connectivity index is 1.99. The van der Waals surface area contributed by atoms with Gasteiger partial charge in [0.2, 0.25) is 15.9 Å². The highest BCUT2D eigenvalue weighted by Gasteiger charge is 2.16. The molecule has 0 aliphatic carbocycles. The van der Waals surface area contributed by atoms with Gasteiger partial charge in [-0.05, 0) is 5.56 Å². The van der Waals surface area contributed by atoms with Gasteiger partial charge in [-0.15, -0.1) is 0 Å². The van der Waals surface area contributed by atoms with E-state index in [9.17, 15) is 13.5 Å². The summed E-state index contributed by atoms with van der Waals surface area (Å²) in [5.74, 6) is 0.348. The van der Waals surface area contributed by atoms with Gasteiger partial charge in [-0.3, -0.25) is 0 Å². The minimum Gasteiger partial charge on any atom is -0.374 e. The Morgan fingerprint density at radius 3 is 2.68 bits per heavy atom. The summed E-state index contributed by atoms with van der Waals surface area (Å²) in [6.07, 6.45) is 1.96. The van der Waals surface area contributed by atoms with E-state index >= 15 is 0 Å². The molecule has 22 heavy (non-hydrogen) atoms. The molecule has 0 fully saturated rings. The van der Waals surface area contributed by atoms with Crippen LogP contribution in [0.1, 0.15) is 6.42 Å². The van der Waals surface area contributed by atoms with Crippen molar-refractivity contribution in [1.29, 1.82) is 0 Å². The number of aliphatic hydroxyl groups is 1. The minimum absolute atomic E-state index is 0.196. The van der Waals surface area contributed by atoms with Gasteiger partial charge in [-0.2, -0.15) is 0 Å². The topological polar surface area (TPSA) is 95.7 Å². The van der Waals surface area contributed by atoms with Gasteiger partial charge < -0.3 is 14.9 Å². The Kier molecular flexibility index (Phi) is 5.17. The first-order valence-electron chi connectivity index (χ1n) is 6.74. The highest BCUT2D eigenvalue weighted by atomic mass is 32.2. The first-order chi connectivity index (χ1) is 10.4. The van der Waals surface area contributed by atoms with E-state index < -0.39 is 16.3 Å². The lowest BCUT2D eigenvalue weighted by molar-refractivity contribution is 0.181. The second-order valence-corrected chi connectivity index (χ2v) is 7.06. The van der Waals surface area contributed by atoms with Crippen molar-refractivity contribution < 1.29 is 18.0 Å². The first-order valence-corrected chi connectivity index (χ1v) is 8.59. The molecule has 2 rings (SSSR count). The summed E-state index contributed by atoms with van der Waals surface area (Å²) in [4.78, 5) is 0. The quantitative estimate of drug-likeness (QED) is 0.746. The Bertz CT molecular complexity index is 700. The highest BCUT2D eigenvalue weighted by Crippen LogP contribution is 2.27. The molecule has 0 spiro atoms. The van der Waals surface area contributed by atoms with Crippen LogP contribution in [0.15, 0.2) is 41.1 Å². The molecule has 1 atom stereocenters. The fourth-order valence-electron chi connectivity index (χ4n) is 1.86. The highest BCUT2D eigenvalue weighted by molar-refractivity contribution is 7.88. The van der Waals surface area contributed by atoms with Crippen LogP contribution in [0.5, 0.6) is 0 Å². The first kappa shape index (κ1) is 16.5. The molecule has 120 valence electrons. The number of rotatable bonds is 7. The normalized spacial score (nSPS) is 13.3. The fraction of sp³-hybridized carbons (Fsp3) is 0.357.